The van der Waals surface area contributed by atoms with E-state index in [1.54, 1.807) is 11.8 Å². The number of benzene rings is 1. The van der Waals surface area contributed by atoms with Gasteiger partial charge in [-0.3, -0.25) is 0 Å². The first-order chi connectivity index (χ1) is 12.2. The zero-order valence-corrected chi connectivity index (χ0v) is 16.0. The molecular weight excluding hydrogens is 338 g/mol. The molecule has 0 radical (unpaired) electrons. The summed E-state index contributed by atoms with van der Waals surface area (Å²) in [7, 11) is 1.32. The van der Waals surface area contributed by atoms with Gasteiger partial charge in [0.1, 0.15) is 12.6 Å². The maximum absolute atomic E-state index is 11.9. The van der Waals surface area contributed by atoms with E-state index in [2.05, 4.69) is 12.2 Å². The molecule has 1 aromatic rings. The number of rotatable bonds is 12. The Labute approximate surface area is 154 Å². The topological polar surface area (TPSA) is 64.6 Å². The Bertz CT molecular complexity index is 495. The van der Waals surface area contributed by atoms with Crippen molar-refractivity contribution in [1.82, 2.24) is 5.32 Å². The van der Waals surface area contributed by atoms with Gasteiger partial charge in [-0.1, -0.05) is 56.5 Å². The van der Waals surface area contributed by atoms with E-state index in [4.69, 9.17) is 9.47 Å². The van der Waals surface area contributed by atoms with Crippen molar-refractivity contribution in [1.29, 1.82) is 0 Å². The summed E-state index contributed by atoms with van der Waals surface area (Å²) in [6.45, 7) is 2.36. The molecule has 0 aliphatic carbocycles. The minimum Gasteiger partial charge on any atom is -0.467 e. The molecule has 1 aromatic carbocycles. The van der Waals surface area contributed by atoms with E-state index in [1.165, 1.54) is 32.8 Å². The number of thioether (sulfide) groups is 1. The third kappa shape index (κ3) is 10.0. The molecule has 0 aliphatic heterocycles. The van der Waals surface area contributed by atoms with Crippen LogP contribution in [0.3, 0.4) is 0 Å². The second-order valence-corrected chi connectivity index (χ2v) is 6.97. The van der Waals surface area contributed by atoms with Gasteiger partial charge in [0.25, 0.3) is 0 Å². The van der Waals surface area contributed by atoms with Crippen LogP contribution in [0.5, 0.6) is 0 Å². The van der Waals surface area contributed by atoms with Crippen molar-refractivity contribution in [3.8, 4) is 0 Å². The fraction of sp³-hybridized carbons (Fsp3) is 0.579. The predicted octanol–water partition coefficient (Wildman–Crippen LogP) is 4.16. The summed E-state index contributed by atoms with van der Waals surface area (Å²) in [4.78, 5) is 23.7. The molecule has 1 rings (SSSR count). The van der Waals surface area contributed by atoms with E-state index in [0.717, 1.165) is 17.1 Å². The summed E-state index contributed by atoms with van der Waals surface area (Å²) in [5.41, 5.74) is 0.898. The molecule has 0 spiro atoms. The summed E-state index contributed by atoms with van der Waals surface area (Å²) in [5, 5.41) is 2.60. The Morgan fingerprint density at radius 1 is 1.12 bits per heavy atom. The monoisotopic (exact) mass is 367 g/mol. The average Bonchev–Trinajstić information content (AvgIpc) is 2.64. The Morgan fingerprint density at radius 2 is 1.88 bits per heavy atom. The maximum atomic E-state index is 11.9. The van der Waals surface area contributed by atoms with E-state index in [-0.39, 0.29) is 6.61 Å². The molecule has 1 atom stereocenters. The highest BCUT2D eigenvalue weighted by Crippen LogP contribution is 2.11. The summed E-state index contributed by atoms with van der Waals surface area (Å²) >= 11 is 1.80. The molecule has 0 unspecified atom stereocenters. The number of carbonyl (C=O) groups is 2. The van der Waals surface area contributed by atoms with Gasteiger partial charge in [-0.15, -0.1) is 0 Å². The molecule has 140 valence electrons. The van der Waals surface area contributed by atoms with Crippen LogP contribution in [0.4, 0.5) is 4.79 Å². The van der Waals surface area contributed by atoms with Crippen molar-refractivity contribution < 1.29 is 19.1 Å². The number of carbonyl (C=O) groups excluding carboxylic acids is 2. The van der Waals surface area contributed by atoms with Crippen molar-refractivity contribution in [3.63, 3.8) is 0 Å². The second-order valence-electron chi connectivity index (χ2n) is 5.74. The number of methoxy groups -OCH3 is 1. The van der Waals surface area contributed by atoms with E-state index in [0.29, 0.717) is 6.42 Å². The zero-order chi connectivity index (χ0) is 18.3. The molecule has 1 amide bonds. The number of nitrogens with one attached hydrogen (secondary N) is 1. The largest absolute Gasteiger partial charge is 0.467 e. The highest BCUT2D eigenvalue weighted by Gasteiger charge is 2.21. The van der Waals surface area contributed by atoms with Gasteiger partial charge in [-0.05, 0) is 29.9 Å². The van der Waals surface area contributed by atoms with Gasteiger partial charge < -0.3 is 14.8 Å². The second kappa shape index (κ2) is 13.6. The Kier molecular flexibility index (Phi) is 11.6. The molecule has 1 N–H and O–H groups in total. The number of amides is 1. The number of hydrogen-bond acceptors (Lipinski definition) is 5. The van der Waals surface area contributed by atoms with E-state index < -0.39 is 18.1 Å². The van der Waals surface area contributed by atoms with Crippen LogP contribution >= 0.6 is 11.8 Å². The van der Waals surface area contributed by atoms with Crippen LogP contribution in [0, 0.1) is 0 Å². The molecular formula is C19H29NO4S. The summed E-state index contributed by atoms with van der Waals surface area (Å²) in [5.74, 6) is 1.43. The highest BCUT2D eigenvalue weighted by atomic mass is 32.2. The minimum atomic E-state index is -0.670. The van der Waals surface area contributed by atoms with Crippen LogP contribution in [0.1, 0.15) is 44.6 Å². The minimum absolute atomic E-state index is 0.173. The molecule has 0 fully saturated rings. The lowest BCUT2D eigenvalue weighted by Gasteiger charge is -2.16. The first-order valence-electron chi connectivity index (χ1n) is 8.80. The van der Waals surface area contributed by atoms with Gasteiger partial charge in [-0.2, -0.15) is 11.8 Å². The normalized spacial score (nSPS) is 11.6. The van der Waals surface area contributed by atoms with Gasteiger partial charge in [0.2, 0.25) is 0 Å². The Balaban J connectivity index is 2.29. The van der Waals surface area contributed by atoms with E-state index in [1.807, 2.05) is 30.3 Å². The third-order valence-electron chi connectivity index (χ3n) is 3.68. The molecule has 6 heteroatoms. The fourth-order valence-electron chi connectivity index (χ4n) is 2.23. The lowest BCUT2D eigenvalue weighted by molar-refractivity contribution is -0.143. The molecule has 0 saturated carbocycles. The number of alkyl carbamates (subject to hydrolysis) is 1. The van der Waals surface area contributed by atoms with Crippen LogP contribution in [0.25, 0.3) is 0 Å². The van der Waals surface area contributed by atoms with Crippen LogP contribution in [-0.2, 0) is 20.9 Å². The average molecular weight is 368 g/mol. The molecule has 5 nitrogen and oxygen atoms in total. The van der Waals surface area contributed by atoms with Crippen molar-refractivity contribution in [3.05, 3.63) is 35.9 Å². The van der Waals surface area contributed by atoms with Gasteiger partial charge in [-0.25, -0.2) is 9.59 Å². The molecule has 0 saturated heterocycles. The quantitative estimate of drug-likeness (QED) is 0.444. The van der Waals surface area contributed by atoms with Gasteiger partial charge >= 0.3 is 12.1 Å². The first-order valence-corrected chi connectivity index (χ1v) is 9.95. The molecule has 0 aromatic heterocycles. The van der Waals surface area contributed by atoms with Crippen LogP contribution < -0.4 is 5.32 Å². The number of esters is 1. The van der Waals surface area contributed by atoms with Crippen molar-refractivity contribution in [2.24, 2.45) is 0 Å². The Morgan fingerprint density at radius 3 is 2.56 bits per heavy atom. The first kappa shape index (κ1) is 21.4. The molecule has 0 aliphatic rings. The van der Waals surface area contributed by atoms with Crippen molar-refractivity contribution in [2.45, 2.75) is 51.7 Å². The SMILES string of the molecule is CCCCCCSCC[C@H](NC(=O)OCc1ccccc1)C(=O)OC. The third-order valence-corrected chi connectivity index (χ3v) is 4.79. The van der Waals surface area contributed by atoms with Crippen LogP contribution in [0.15, 0.2) is 30.3 Å². The maximum Gasteiger partial charge on any atom is 0.408 e. The zero-order valence-electron chi connectivity index (χ0n) is 15.2. The number of unbranched alkanes of at least 4 members (excludes halogenated alkanes) is 3. The molecule has 25 heavy (non-hydrogen) atoms. The van der Waals surface area contributed by atoms with E-state index >= 15 is 0 Å². The lowest BCUT2D eigenvalue weighted by Crippen LogP contribution is -2.42. The van der Waals surface area contributed by atoms with E-state index in [9.17, 15) is 9.59 Å². The summed E-state index contributed by atoms with van der Waals surface area (Å²) < 4.78 is 9.93. The standard InChI is InChI=1S/C19H29NO4S/c1-3-4-5-9-13-25-14-12-17(18(21)23-2)20-19(22)24-15-16-10-7-6-8-11-16/h6-8,10-11,17H,3-5,9,12-15H2,1-2H3,(H,20,22)/t17-/m0/s1. The lowest BCUT2D eigenvalue weighted by atomic mass is 10.2. The summed E-state index contributed by atoms with van der Waals surface area (Å²) in [6, 6.07) is 8.74. The number of hydrogen-bond donors (Lipinski definition) is 1. The molecule has 0 heterocycles. The van der Waals surface area contributed by atoms with Gasteiger partial charge in [0, 0.05) is 0 Å². The number of ether oxygens (including phenoxy) is 2. The fourth-order valence-corrected chi connectivity index (χ4v) is 3.25. The van der Waals surface area contributed by atoms with Crippen LogP contribution in [-0.4, -0.2) is 36.7 Å². The van der Waals surface area contributed by atoms with Gasteiger partial charge in [0.05, 0.1) is 7.11 Å². The smallest absolute Gasteiger partial charge is 0.408 e. The van der Waals surface area contributed by atoms with Crippen molar-refractivity contribution >= 4 is 23.8 Å². The highest BCUT2D eigenvalue weighted by molar-refractivity contribution is 7.99. The predicted molar refractivity (Wildman–Crippen MR) is 102 cm³/mol. The Hall–Kier alpha value is -1.69. The molecule has 0 bridgehead atoms. The van der Waals surface area contributed by atoms with Crippen LogP contribution in [0.2, 0.25) is 0 Å². The van der Waals surface area contributed by atoms with Gasteiger partial charge in [0.15, 0.2) is 0 Å². The van der Waals surface area contributed by atoms with Crippen molar-refractivity contribution in [2.75, 3.05) is 18.6 Å². The summed E-state index contributed by atoms with van der Waals surface area (Å²) in [6.07, 6.45) is 4.85.